The molecule has 0 aliphatic rings. The van der Waals surface area contributed by atoms with E-state index in [-0.39, 0.29) is 12.5 Å². The van der Waals surface area contributed by atoms with Crippen LogP contribution in [-0.2, 0) is 16.0 Å². The predicted octanol–water partition coefficient (Wildman–Crippen LogP) is 2.69. The van der Waals surface area contributed by atoms with Gasteiger partial charge in [0.15, 0.2) is 0 Å². The quantitative estimate of drug-likeness (QED) is 0.641. The molecule has 1 rings (SSSR count). The smallest absolute Gasteiger partial charge is 0.319 e. The van der Waals surface area contributed by atoms with Crippen molar-refractivity contribution in [3.8, 4) is 0 Å². The van der Waals surface area contributed by atoms with Crippen molar-refractivity contribution in [3.05, 3.63) is 33.8 Å². The topological polar surface area (TPSA) is 38.3 Å². The van der Waals surface area contributed by atoms with Crippen LogP contribution in [0.25, 0.3) is 0 Å². The normalized spacial score (nSPS) is 10.3. The summed E-state index contributed by atoms with van der Waals surface area (Å²) in [7, 11) is 0. The second-order valence-electron chi connectivity index (χ2n) is 3.47. The third-order valence-electron chi connectivity index (χ3n) is 2.16. The van der Waals surface area contributed by atoms with Gasteiger partial charge in [-0.2, -0.15) is 0 Å². The van der Waals surface area contributed by atoms with Gasteiger partial charge in [0.2, 0.25) is 0 Å². The number of carbonyl (C=O) groups is 1. The van der Waals surface area contributed by atoms with Crippen LogP contribution < -0.4 is 5.32 Å². The van der Waals surface area contributed by atoms with E-state index in [1.807, 2.05) is 6.07 Å². The number of ether oxygens (including phenoxy) is 1. The highest BCUT2D eigenvalue weighted by Gasteiger charge is 2.03. The van der Waals surface area contributed by atoms with Crippen LogP contribution in [-0.4, -0.2) is 25.7 Å². The minimum absolute atomic E-state index is 0.221. The summed E-state index contributed by atoms with van der Waals surface area (Å²) in [5.74, 6) is -0.241. The Balaban J connectivity index is 2.29. The number of carbonyl (C=O) groups excluding carboxylic acids is 1. The van der Waals surface area contributed by atoms with Crippen LogP contribution in [0.3, 0.4) is 0 Å². The number of halogens is 2. The standard InChI is InChI=1S/C12H15Cl2NO2/c1-2-17-12(16)8-15-6-5-9-3-4-10(13)7-11(9)14/h3-4,7,15H,2,5-6,8H2,1H3. The van der Waals surface area contributed by atoms with E-state index in [9.17, 15) is 4.79 Å². The molecule has 0 heterocycles. The van der Waals surface area contributed by atoms with E-state index < -0.39 is 0 Å². The Morgan fingerprint density at radius 1 is 1.41 bits per heavy atom. The third kappa shape index (κ3) is 5.39. The fourth-order valence-corrected chi connectivity index (χ4v) is 1.85. The van der Waals surface area contributed by atoms with Crippen molar-refractivity contribution in [1.29, 1.82) is 0 Å². The minimum Gasteiger partial charge on any atom is -0.465 e. The van der Waals surface area contributed by atoms with Crippen LogP contribution in [0.2, 0.25) is 10.0 Å². The minimum atomic E-state index is -0.241. The molecule has 5 heteroatoms. The van der Waals surface area contributed by atoms with E-state index in [2.05, 4.69) is 5.32 Å². The number of hydrogen-bond acceptors (Lipinski definition) is 3. The molecule has 17 heavy (non-hydrogen) atoms. The third-order valence-corrected chi connectivity index (χ3v) is 2.75. The molecule has 0 aromatic heterocycles. The largest absolute Gasteiger partial charge is 0.465 e. The maximum atomic E-state index is 11.0. The van der Waals surface area contributed by atoms with Crippen molar-refractivity contribution in [2.24, 2.45) is 0 Å². The zero-order valence-electron chi connectivity index (χ0n) is 9.63. The molecule has 1 aromatic carbocycles. The van der Waals surface area contributed by atoms with Gasteiger partial charge in [0, 0.05) is 10.0 Å². The van der Waals surface area contributed by atoms with Gasteiger partial charge < -0.3 is 10.1 Å². The molecule has 0 aliphatic carbocycles. The van der Waals surface area contributed by atoms with Gasteiger partial charge in [-0.15, -0.1) is 0 Å². The fourth-order valence-electron chi connectivity index (χ4n) is 1.35. The molecule has 0 saturated heterocycles. The Morgan fingerprint density at radius 3 is 2.82 bits per heavy atom. The molecule has 0 amide bonds. The summed E-state index contributed by atoms with van der Waals surface area (Å²) in [4.78, 5) is 11.0. The zero-order valence-corrected chi connectivity index (χ0v) is 11.1. The van der Waals surface area contributed by atoms with Crippen LogP contribution in [0, 0.1) is 0 Å². The molecule has 0 radical (unpaired) electrons. The van der Waals surface area contributed by atoms with Gasteiger partial charge in [-0.1, -0.05) is 29.3 Å². The lowest BCUT2D eigenvalue weighted by Crippen LogP contribution is -2.26. The van der Waals surface area contributed by atoms with Crippen molar-refractivity contribution in [3.63, 3.8) is 0 Å². The summed E-state index contributed by atoms with van der Waals surface area (Å²) in [6.45, 7) is 3.08. The average Bonchev–Trinajstić information content (AvgIpc) is 2.27. The molecule has 1 aromatic rings. The summed E-state index contributed by atoms with van der Waals surface area (Å²) < 4.78 is 4.79. The highest BCUT2D eigenvalue weighted by atomic mass is 35.5. The Kier molecular flexibility index (Phi) is 6.34. The lowest BCUT2D eigenvalue weighted by Gasteiger charge is -2.06. The number of esters is 1. The summed E-state index contributed by atoms with van der Waals surface area (Å²) in [6, 6.07) is 5.40. The van der Waals surface area contributed by atoms with Crippen molar-refractivity contribution in [1.82, 2.24) is 5.32 Å². The van der Waals surface area contributed by atoms with Gasteiger partial charge in [0.1, 0.15) is 0 Å². The average molecular weight is 276 g/mol. The molecule has 0 spiro atoms. The predicted molar refractivity (Wildman–Crippen MR) is 69.7 cm³/mol. The Hall–Kier alpha value is -0.770. The van der Waals surface area contributed by atoms with Crippen LogP contribution in [0.15, 0.2) is 18.2 Å². The fraction of sp³-hybridized carbons (Fsp3) is 0.417. The molecule has 0 saturated carbocycles. The first-order chi connectivity index (χ1) is 8.13. The molecular formula is C12H15Cl2NO2. The monoisotopic (exact) mass is 275 g/mol. The summed E-state index contributed by atoms with van der Waals surface area (Å²) >= 11 is 11.8. The van der Waals surface area contributed by atoms with Crippen molar-refractivity contribution >= 4 is 29.2 Å². The van der Waals surface area contributed by atoms with E-state index in [4.69, 9.17) is 27.9 Å². The SMILES string of the molecule is CCOC(=O)CNCCc1ccc(Cl)cc1Cl. The maximum absolute atomic E-state index is 11.0. The van der Waals surface area contributed by atoms with Crippen LogP contribution >= 0.6 is 23.2 Å². The Morgan fingerprint density at radius 2 is 2.18 bits per heavy atom. The Bertz CT molecular complexity index is 383. The number of benzene rings is 1. The van der Waals surface area contributed by atoms with Crippen LogP contribution in [0.5, 0.6) is 0 Å². The molecule has 3 nitrogen and oxygen atoms in total. The van der Waals surface area contributed by atoms with E-state index in [0.29, 0.717) is 23.2 Å². The number of hydrogen-bond donors (Lipinski definition) is 1. The van der Waals surface area contributed by atoms with Crippen LogP contribution in [0.1, 0.15) is 12.5 Å². The highest BCUT2D eigenvalue weighted by Crippen LogP contribution is 2.20. The van der Waals surface area contributed by atoms with Gasteiger partial charge >= 0.3 is 5.97 Å². The molecule has 0 unspecified atom stereocenters. The lowest BCUT2D eigenvalue weighted by atomic mass is 10.1. The molecule has 0 fully saturated rings. The molecule has 0 aliphatic heterocycles. The van der Waals surface area contributed by atoms with Gasteiger partial charge in [0.25, 0.3) is 0 Å². The second kappa shape index (κ2) is 7.54. The van der Waals surface area contributed by atoms with Gasteiger partial charge in [-0.3, -0.25) is 4.79 Å². The van der Waals surface area contributed by atoms with E-state index in [0.717, 1.165) is 12.0 Å². The Labute approximate surface area is 111 Å². The van der Waals surface area contributed by atoms with Crippen molar-refractivity contribution < 1.29 is 9.53 Å². The molecular weight excluding hydrogens is 261 g/mol. The first-order valence-corrected chi connectivity index (χ1v) is 6.19. The molecule has 0 bridgehead atoms. The van der Waals surface area contributed by atoms with Gasteiger partial charge in [-0.25, -0.2) is 0 Å². The van der Waals surface area contributed by atoms with Gasteiger partial charge in [-0.05, 0) is 37.6 Å². The summed E-state index contributed by atoms with van der Waals surface area (Å²) in [5.41, 5.74) is 1.01. The number of nitrogens with one attached hydrogen (secondary N) is 1. The molecule has 0 atom stereocenters. The molecule has 1 N–H and O–H groups in total. The van der Waals surface area contributed by atoms with Crippen molar-refractivity contribution in [2.45, 2.75) is 13.3 Å². The van der Waals surface area contributed by atoms with Crippen LogP contribution in [0.4, 0.5) is 0 Å². The van der Waals surface area contributed by atoms with E-state index in [1.165, 1.54) is 0 Å². The highest BCUT2D eigenvalue weighted by molar-refractivity contribution is 6.35. The van der Waals surface area contributed by atoms with Crippen molar-refractivity contribution in [2.75, 3.05) is 19.7 Å². The second-order valence-corrected chi connectivity index (χ2v) is 4.31. The lowest BCUT2D eigenvalue weighted by molar-refractivity contribution is -0.141. The first kappa shape index (κ1) is 14.3. The van der Waals surface area contributed by atoms with E-state index in [1.54, 1.807) is 19.1 Å². The molecule has 94 valence electrons. The van der Waals surface area contributed by atoms with E-state index >= 15 is 0 Å². The summed E-state index contributed by atoms with van der Waals surface area (Å²) in [6.07, 6.45) is 0.745. The van der Waals surface area contributed by atoms with Gasteiger partial charge in [0.05, 0.1) is 13.2 Å². The zero-order chi connectivity index (χ0) is 12.7. The number of rotatable bonds is 6. The summed E-state index contributed by atoms with van der Waals surface area (Å²) in [5, 5.41) is 4.27. The first-order valence-electron chi connectivity index (χ1n) is 5.43. The maximum Gasteiger partial charge on any atom is 0.319 e.